The maximum Gasteiger partial charge on any atom is 0.171 e. The van der Waals surface area contributed by atoms with E-state index in [0.29, 0.717) is 46.7 Å². The molecule has 8 heteroatoms. The van der Waals surface area contributed by atoms with Crippen LogP contribution in [0.1, 0.15) is 25.3 Å². The molecule has 0 radical (unpaired) electrons. The molecule has 1 atom stereocenters. The minimum absolute atomic E-state index is 0.166. The first-order valence-corrected chi connectivity index (χ1v) is 11.1. The van der Waals surface area contributed by atoms with E-state index in [1.165, 1.54) is 19.0 Å². The molecule has 32 heavy (non-hydrogen) atoms. The average molecular weight is 439 g/mol. The second-order valence-corrected chi connectivity index (χ2v) is 8.38. The first-order chi connectivity index (χ1) is 15.6. The molecule has 2 aromatic carbocycles. The minimum atomic E-state index is -0.349. The van der Waals surface area contributed by atoms with Gasteiger partial charge in [0.15, 0.2) is 28.8 Å². The number of ether oxygens (including phenoxy) is 3. The van der Waals surface area contributed by atoms with E-state index in [9.17, 15) is 0 Å². The lowest BCUT2D eigenvalue weighted by molar-refractivity contribution is 0.230. The van der Waals surface area contributed by atoms with E-state index < -0.39 is 0 Å². The van der Waals surface area contributed by atoms with Crippen LogP contribution in [0.3, 0.4) is 0 Å². The van der Waals surface area contributed by atoms with Gasteiger partial charge in [0.25, 0.3) is 0 Å². The van der Waals surface area contributed by atoms with E-state index in [2.05, 4.69) is 20.4 Å². The molecule has 1 unspecified atom stereocenters. The number of benzene rings is 2. The molecule has 7 nitrogen and oxygen atoms in total. The molecule has 0 saturated carbocycles. The van der Waals surface area contributed by atoms with Gasteiger partial charge < -0.3 is 19.5 Å². The fourth-order valence-electron chi connectivity index (χ4n) is 4.44. The van der Waals surface area contributed by atoms with E-state index in [1.54, 1.807) is 25.3 Å². The molecule has 0 aliphatic carbocycles. The molecular weight excluding hydrogens is 411 g/mol. The van der Waals surface area contributed by atoms with Crippen LogP contribution in [-0.4, -0.2) is 54.5 Å². The van der Waals surface area contributed by atoms with Crippen LogP contribution in [0, 0.1) is 5.82 Å². The highest BCUT2D eigenvalue weighted by atomic mass is 19.1. The first-order valence-electron chi connectivity index (χ1n) is 11.1. The number of hydrogen-bond donors (Lipinski definition) is 1. The molecule has 1 fully saturated rings. The van der Waals surface area contributed by atoms with E-state index in [1.807, 2.05) is 13.0 Å². The summed E-state index contributed by atoms with van der Waals surface area (Å²) in [6, 6.07) is 7.29. The third-order valence-electron chi connectivity index (χ3n) is 6.09. The fourth-order valence-corrected chi connectivity index (χ4v) is 4.44. The summed E-state index contributed by atoms with van der Waals surface area (Å²) in [5, 5.41) is 12.2. The van der Waals surface area contributed by atoms with E-state index in [4.69, 9.17) is 14.2 Å². The molecule has 2 aliphatic heterocycles. The third kappa shape index (κ3) is 4.02. The van der Waals surface area contributed by atoms with Gasteiger partial charge in [-0.25, -0.2) is 4.39 Å². The lowest BCUT2D eigenvalue weighted by atomic mass is 10.1. The zero-order valence-electron chi connectivity index (χ0n) is 18.4. The zero-order chi connectivity index (χ0) is 22.1. The Kier molecular flexibility index (Phi) is 5.70. The van der Waals surface area contributed by atoms with Gasteiger partial charge in [-0.05, 0) is 57.5 Å². The number of anilines is 1. The molecular formula is C24H27FN4O3. The standard InChI is InChI=1S/C24H27FN4O3/c1-15-11-17-18(27-15)5-6-20(24(17)25)32-23-14-26-28-19-13-22(21(30-2)12-16(19)23)31-10-9-29-7-3-4-8-29/h5-6,12-15,27H,3-4,7-11H2,1-2H3. The average Bonchev–Trinajstić information content (AvgIpc) is 3.45. The number of nitrogens with zero attached hydrogens (tertiary/aromatic N) is 3. The van der Waals surface area contributed by atoms with E-state index >= 15 is 4.39 Å². The Morgan fingerprint density at radius 2 is 1.97 bits per heavy atom. The highest BCUT2D eigenvalue weighted by molar-refractivity contribution is 5.87. The van der Waals surface area contributed by atoms with Crippen molar-refractivity contribution < 1.29 is 18.6 Å². The zero-order valence-corrected chi connectivity index (χ0v) is 18.4. The van der Waals surface area contributed by atoms with Crippen LogP contribution in [0.25, 0.3) is 10.9 Å². The van der Waals surface area contributed by atoms with Crippen molar-refractivity contribution in [3.63, 3.8) is 0 Å². The highest BCUT2D eigenvalue weighted by Gasteiger charge is 2.24. The normalized spacial score (nSPS) is 17.9. The topological polar surface area (TPSA) is 68.7 Å². The monoisotopic (exact) mass is 438 g/mol. The van der Waals surface area contributed by atoms with Gasteiger partial charge in [-0.3, -0.25) is 4.90 Å². The predicted molar refractivity (Wildman–Crippen MR) is 121 cm³/mol. The van der Waals surface area contributed by atoms with Crippen molar-refractivity contribution in [3.05, 3.63) is 41.8 Å². The van der Waals surface area contributed by atoms with Crippen LogP contribution in [0.15, 0.2) is 30.5 Å². The number of nitrogens with one attached hydrogen (secondary N) is 1. The Labute approximate surface area is 186 Å². The maximum absolute atomic E-state index is 15.1. The SMILES string of the molecule is COc1cc2c(Oc3ccc4c(c3F)CC(C)N4)cnnc2cc1OCCN1CCCC1. The molecule has 0 amide bonds. The third-order valence-corrected chi connectivity index (χ3v) is 6.09. The number of methoxy groups -OCH3 is 1. The number of likely N-dealkylation sites (tertiary alicyclic amines) is 1. The van der Waals surface area contributed by atoms with Gasteiger partial charge in [-0.15, -0.1) is 0 Å². The molecule has 1 N–H and O–H groups in total. The van der Waals surface area contributed by atoms with Crippen molar-refractivity contribution in [1.29, 1.82) is 0 Å². The van der Waals surface area contributed by atoms with E-state index in [0.717, 1.165) is 25.3 Å². The lowest BCUT2D eigenvalue weighted by Gasteiger charge is -2.17. The summed E-state index contributed by atoms with van der Waals surface area (Å²) < 4.78 is 32.6. The summed E-state index contributed by atoms with van der Waals surface area (Å²) in [7, 11) is 1.60. The molecule has 2 aliphatic rings. The van der Waals surface area contributed by atoms with Gasteiger partial charge in [0.2, 0.25) is 0 Å². The summed E-state index contributed by atoms with van der Waals surface area (Å²) >= 11 is 0. The maximum atomic E-state index is 15.1. The Balaban J connectivity index is 1.40. The van der Waals surface area contributed by atoms with Crippen LogP contribution in [0.4, 0.5) is 10.1 Å². The predicted octanol–water partition coefficient (Wildman–Crippen LogP) is 4.40. The number of hydrogen-bond acceptors (Lipinski definition) is 7. The molecule has 1 saturated heterocycles. The fraction of sp³-hybridized carbons (Fsp3) is 0.417. The number of halogens is 1. The summed E-state index contributed by atoms with van der Waals surface area (Å²) in [6.45, 7) is 5.72. The van der Waals surface area contributed by atoms with E-state index in [-0.39, 0.29) is 17.6 Å². The second kappa shape index (κ2) is 8.78. The van der Waals surface area contributed by atoms with Gasteiger partial charge in [-0.1, -0.05) is 0 Å². The first kappa shape index (κ1) is 20.8. The van der Waals surface area contributed by atoms with Crippen molar-refractivity contribution in [1.82, 2.24) is 15.1 Å². The van der Waals surface area contributed by atoms with Gasteiger partial charge in [-0.2, -0.15) is 10.2 Å². The van der Waals surface area contributed by atoms with Gasteiger partial charge in [0.1, 0.15) is 12.1 Å². The van der Waals surface area contributed by atoms with Crippen molar-refractivity contribution in [3.8, 4) is 23.0 Å². The van der Waals surface area contributed by atoms with Crippen molar-refractivity contribution in [2.45, 2.75) is 32.2 Å². The summed E-state index contributed by atoms with van der Waals surface area (Å²) in [5.74, 6) is 1.41. The Hall–Kier alpha value is -3.13. The van der Waals surface area contributed by atoms with Crippen LogP contribution >= 0.6 is 0 Å². The Morgan fingerprint density at radius 3 is 2.78 bits per heavy atom. The van der Waals surface area contributed by atoms with Gasteiger partial charge in [0, 0.05) is 29.9 Å². The molecule has 0 bridgehead atoms. The number of rotatable bonds is 7. The Bertz CT molecular complexity index is 1130. The molecule has 168 valence electrons. The largest absolute Gasteiger partial charge is 0.493 e. The summed E-state index contributed by atoms with van der Waals surface area (Å²) in [4.78, 5) is 2.39. The van der Waals surface area contributed by atoms with Crippen LogP contribution in [-0.2, 0) is 6.42 Å². The molecule has 1 aromatic heterocycles. The number of aromatic nitrogens is 2. The van der Waals surface area contributed by atoms with Crippen molar-refractivity contribution in [2.75, 3.05) is 38.7 Å². The smallest absolute Gasteiger partial charge is 0.171 e. The minimum Gasteiger partial charge on any atom is -0.493 e. The van der Waals surface area contributed by atoms with Gasteiger partial charge in [0.05, 0.1) is 18.7 Å². The quantitative estimate of drug-likeness (QED) is 0.586. The Morgan fingerprint density at radius 1 is 1.12 bits per heavy atom. The van der Waals surface area contributed by atoms with Gasteiger partial charge >= 0.3 is 0 Å². The summed E-state index contributed by atoms with van der Waals surface area (Å²) in [6.07, 6.45) is 4.61. The van der Waals surface area contributed by atoms with Crippen LogP contribution in [0.5, 0.6) is 23.0 Å². The molecule has 5 rings (SSSR count). The lowest BCUT2D eigenvalue weighted by Crippen LogP contribution is -2.25. The highest BCUT2D eigenvalue weighted by Crippen LogP contribution is 2.39. The van der Waals surface area contributed by atoms with Crippen LogP contribution < -0.4 is 19.5 Å². The summed E-state index contributed by atoms with van der Waals surface area (Å²) in [5.41, 5.74) is 2.06. The molecule has 3 heterocycles. The van der Waals surface area contributed by atoms with Crippen molar-refractivity contribution in [2.24, 2.45) is 0 Å². The van der Waals surface area contributed by atoms with Crippen molar-refractivity contribution >= 4 is 16.6 Å². The number of fused-ring (bicyclic) bond motifs is 2. The molecule has 3 aromatic rings. The second-order valence-electron chi connectivity index (χ2n) is 8.38. The molecule has 0 spiro atoms. The van der Waals surface area contributed by atoms with Crippen LogP contribution in [0.2, 0.25) is 0 Å².